The molecule has 2 aliphatic heterocycles. The van der Waals surface area contributed by atoms with Gasteiger partial charge < -0.3 is 5.32 Å². The van der Waals surface area contributed by atoms with Gasteiger partial charge in [0.25, 0.3) is 0 Å². The van der Waals surface area contributed by atoms with Crippen molar-refractivity contribution in [1.29, 1.82) is 0 Å². The van der Waals surface area contributed by atoms with Crippen LogP contribution < -0.4 is 5.32 Å². The summed E-state index contributed by atoms with van der Waals surface area (Å²) in [4.78, 5) is -0.233. The van der Waals surface area contributed by atoms with Gasteiger partial charge >= 0.3 is 0 Å². The minimum atomic E-state index is -3.72. The molecular formula is C12H14BrFN2O2S. The van der Waals surface area contributed by atoms with Gasteiger partial charge in [-0.05, 0) is 43.1 Å². The molecule has 19 heavy (non-hydrogen) atoms. The number of fused-ring (bicyclic) bond motifs is 1. The standard InChI is InChI=1S/C12H14BrFN2O2S/c13-10-1-2-12(11(14)3-10)19(17,18)16-6-8-4-15-5-9(8)7-16/h1-3,8-9,15H,4-7H2. The summed E-state index contributed by atoms with van der Waals surface area (Å²) >= 11 is 3.13. The highest BCUT2D eigenvalue weighted by Crippen LogP contribution is 2.32. The third-order valence-corrected chi connectivity index (χ3v) is 6.23. The van der Waals surface area contributed by atoms with Crippen molar-refractivity contribution in [1.82, 2.24) is 9.62 Å². The number of nitrogens with one attached hydrogen (secondary N) is 1. The van der Waals surface area contributed by atoms with Crippen LogP contribution in [-0.4, -0.2) is 38.9 Å². The molecule has 0 spiro atoms. The maximum Gasteiger partial charge on any atom is 0.246 e. The van der Waals surface area contributed by atoms with E-state index in [4.69, 9.17) is 0 Å². The SMILES string of the molecule is O=S(=O)(c1ccc(Br)cc1F)N1CC2CNCC2C1. The largest absolute Gasteiger partial charge is 0.316 e. The lowest BCUT2D eigenvalue weighted by Gasteiger charge is -2.17. The predicted molar refractivity (Wildman–Crippen MR) is 72.7 cm³/mol. The Kier molecular flexibility index (Phi) is 3.41. The van der Waals surface area contributed by atoms with E-state index in [0.717, 1.165) is 13.1 Å². The highest BCUT2D eigenvalue weighted by atomic mass is 79.9. The molecule has 2 unspecified atom stereocenters. The van der Waals surface area contributed by atoms with E-state index in [1.807, 2.05) is 0 Å². The molecule has 2 heterocycles. The zero-order chi connectivity index (χ0) is 13.6. The Bertz CT molecular complexity index is 596. The molecule has 2 atom stereocenters. The zero-order valence-corrected chi connectivity index (χ0v) is 12.5. The minimum absolute atomic E-state index is 0.233. The molecule has 0 saturated carbocycles. The molecule has 3 rings (SSSR count). The molecule has 0 radical (unpaired) electrons. The quantitative estimate of drug-likeness (QED) is 0.879. The molecule has 0 amide bonds. The normalized spacial score (nSPS) is 27.7. The average molecular weight is 349 g/mol. The second kappa shape index (κ2) is 4.80. The van der Waals surface area contributed by atoms with E-state index < -0.39 is 15.8 Å². The fraction of sp³-hybridized carbons (Fsp3) is 0.500. The number of hydrogen-bond acceptors (Lipinski definition) is 3. The molecule has 2 saturated heterocycles. The summed E-state index contributed by atoms with van der Waals surface area (Å²) in [6.07, 6.45) is 0. The fourth-order valence-corrected chi connectivity index (χ4v) is 4.76. The summed E-state index contributed by atoms with van der Waals surface area (Å²) in [6.45, 7) is 2.66. The van der Waals surface area contributed by atoms with Gasteiger partial charge in [-0.3, -0.25) is 0 Å². The topological polar surface area (TPSA) is 49.4 Å². The second-order valence-electron chi connectivity index (χ2n) is 5.08. The molecule has 2 fully saturated rings. The van der Waals surface area contributed by atoms with Crippen LogP contribution >= 0.6 is 15.9 Å². The van der Waals surface area contributed by atoms with E-state index in [2.05, 4.69) is 21.2 Å². The van der Waals surface area contributed by atoms with Crippen LogP contribution in [0.25, 0.3) is 0 Å². The van der Waals surface area contributed by atoms with Crippen LogP contribution in [0, 0.1) is 17.7 Å². The van der Waals surface area contributed by atoms with Gasteiger partial charge in [0, 0.05) is 17.6 Å². The highest BCUT2D eigenvalue weighted by molar-refractivity contribution is 9.10. The Morgan fingerprint density at radius 2 is 1.89 bits per heavy atom. The predicted octanol–water partition coefficient (Wildman–Crippen LogP) is 1.43. The summed E-state index contributed by atoms with van der Waals surface area (Å²) < 4.78 is 40.7. The van der Waals surface area contributed by atoms with Gasteiger partial charge in [-0.2, -0.15) is 4.31 Å². The molecule has 1 aromatic carbocycles. The summed E-state index contributed by atoms with van der Waals surface area (Å²) in [6, 6.07) is 4.06. The number of halogens is 2. The molecule has 1 N–H and O–H groups in total. The van der Waals surface area contributed by atoms with Gasteiger partial charge in [0.2, 0.25) is 10.0 Å². The Balaban J connectivity index is 1.91. The van der Waals surface area contributed by atoms with Crippen LogP contribution in [0.1, 0.15) is 0 Å². The number of benzene rings is 1. The van der Waals surface area contributed by atoms with E-state index in [1.165, 1.54) is 16.4 Å². The minimum Gasteiger partial charge on any atom is -0.316 e. The van der Waals surface area contributed by atoms with Crippen LogP contribution in [0.2, 0.25) is 0 Å². The molecular weight excluding hydrogens is 335 g/mol. The highest BCUT2D eigenvalue weighted by Gasteiger charge is 2.42. The molecule has 0 bridgehead atoms. The lowest BCUT2D eigenvalue weighted by molar-refractivity contribution is 0.443. The molecule has 7 heteroatoms. The Morgan fingerprint density at radius 1 is 1.26 bits per heavy atom. The van der Waals surface area contributed by atoms with Gasteiger partial charge in [0.05, 0.1) is 0 Å². The molecule has 0 aliphatic carbocycles. The average Bonchev–Trinajstić information content (AvgIpc) is 2.87. The van der Waals surface area contributed by atoms with Gasteiger partial charge in [-0.25, -0.2) is 12.8 Å². The third-order valence-electron chi connectivity index (χ3n) is 3.87. The first kappa shape index (κ1) is 13.5. The molecule has 2 aliphatic rings. The van der Waals surface area contributed by atoms with Crippen molar-refractivity contribution in [2.24, 2.45) is 11.8 Å². The summed E-state index contributed by atoms with van der Waals surface area (Å²) in [5, 5.41) is 3.25. The lowest BCUT2D eigenvalue weighted by Crippen LogP contribution is -2.32. The third kappa shape index (κ3) is 2.33. The Morgan fingerprint density at radius 3 is 2.47 bits per heavy atom. The molecule has 0 aromatic heterocycles. The van der Waals surface area contributed by atoms with Crippen LogP contribution in [0.5, 0.6) is 0 Å². The number of nitrogens with zero attached hydrogens (tertiary/aromatic N) is 1. The van der Waals surface area contributed by atoms with Crippen molar-refractivity contribution in [2.45, 2.75) is 4.90 Å². The molecule has 104 valence electrons. The van der Waals surface area contributed by atoms with Crippen LogP contribution in [0.4, 0.5) is 4.39 Å². The first-order valence-corrected chi connectivity index (χ1v) is 8.37. The van der Waals surface area contributed by atoms with E-state index >= 15 is 0 Å². The van der Waals surface area contributed by atoms with E-state index in [9.17, 15) is 12.8 Å². The zero-order valence-electron chi connectivity index (χ0n) is 10.1. The summed E-state index contributed by atoms with van der Waals surface area (Å²) in [5.74, 6) is 0.00567. The number of rotatable bonds is 2. The fourth-order valence-electron chi connectivity index (χ4n) is 2.83. The smallest absolute Gasteiger partial charge is 0.246 e. The van der Waals surface area contributed by atoms with Crippen molar-refractivity contribution in [2.75, 3.05) is 26.2 Å². The van der Waals surface area contributed by atoms with E-state index in [1.54, 1.807) is 6.07 Å². The Hall–Kier alpha value is -0.500. The van der Waals surface area contributed by atoms with Crippen molar-refractivity contribution in [3.63, 3.8) is 0 Å². The summed E-state index contributed by atoms with van der Waals surface area (Å²) in [5.41, 5.74) is 0. The maximum absolute atomic E-state index is 13.8. The monoisotopic (exact) mass is 348 g/mol. The maximum atomic E-state index is 13.8. The van der Waals surface area contributed by atoms with E-state index in [-0.39, 0.29) is 4.90 Å². The van der Waals surface area contributed by atoms with Crippen LogP contribution in [0.3, 0.4) is 0 Å². The molecule has 1 aromatic rings. The molecule has 4 nitrogen and oxygen atoms in total. The van der Waals surface area contributed by atoms with Gasteiger partial charge in [-0.1, -0.05) is 15.9 Å². The van der Waals surface area contributed by atoms with Crippen molar-refractivity contribution >= 4 is 26.0 Å². The van der Waals surface area contributed by atoms with Crippen molar-refractivity contribution in [3.05, 3.63) is 28.5 Å². The second-order valence-corrected chi connectivity index (χ2v) is 7.90. The Labute approximate surface area is 120 Å². The van der Waals surface area contributed by atoms with Crippen molar-refractivity contribution in [3.8, 4) is 0 Å². The first-order valence-electron chi connectivity index (χ1n) is 6.14. The van der Waals surface area contributed by atoms with Crippen LogP contribution in [0.15, 0.2) is 27.6 Å². The van der Waals surface area contributed by atoms with Gasteiger partial charge in [-0.15, -0.1) is 0 Å². The van der Waals surface area contributed by atoms with Gasteiger partial charge in [0.1, 0.15) is 10.7 Å². The number of sulfonamides is 1. The van der Waals surface area contributed by atoms with Crippen molar-refractivity contribution < 1.29 is 12.8 Å². The number of hydrogen-bond donors (Lipinski definition) is 1. The van der Waals surface area contributed by atoms with Gasteiger partial charge in [0.15, 0.2) is 0 Å². The lowest BCUT2D eigenvalue weighted by atomic mass is 10.0. The van der Waals surface area contributed by atoms with E-state index in [0.29, 0.717) is 29.4 Å². The summed E-state index contributed by atoms with van der Waals surface area (Å²) in [7, 11) is -3.72. The first-order chi connectivity index (χ1) is 8.98. The van der Waals surface area contributed by atoms with Crippen LogP contribution in [-0.2, 0) is 10.0 Å².